The summed E-state index contributed by atoms with van der Waals surface area (Å²) in [6.45, 7) is 0.908. The van der Waals surface area contributed by atoms with Gasteiger partial charge in [-0.3, -0.25) is 20.4 Å². The number of hydrogen-bond acceptors (Lipinski definition) is 4. The van der Waals surface area contributed by atoms with Crippen molar-refractivity contribution in [2.75, 3.05) is 13.2 Å². The van der Waals surface area contributed by atoms with Crippen LogP contribution in [0.25, 0.3) is 0 Å². The summed E-state index contributed by atoms with van der Waals surface area (Å²) in [6, 6.07) is 5.67. The van der Waals surface area contributed by atoms with Gasteiger partial charge in [-0.05, 0) is 43.5 Å². The quantitative estimate of drug-likeness (QED) is 0.613. The van der Waals surface area contributed by atoms with Crippen LogP contribution in [0.5, 0.6) is 5.75 Å². The second kappa shape index (κ2) is 8.33. The van der Waals surface area contributed by atoms with Gasteiger partial charge >= 0.3 is 0 Å². The molecule has 2 rings (SSSR count). The maximum Gasteiger partial charge on any atom is 0.267 e. The Bertz CT molecular complexity index is 501. The predicted molar refractivity (Wildman–Crippen MR) is 76.4 cm³/mol. The molecule has 1 aliphatic heterocycles. The van der Waals surface area contributed by atoms with Crippen molar-refractivity contribution in [3.63, 3.8) is 0 Å². The molecule has 22 heavy (non-hydrogen) atoms. The van der Waals surface area contributed by atoms with Gasteiger partial charge in [-0.15, -0.1) is 0 Å². The molecule has 1 aromatic rings. The SMILES string of the molecule is O=C(CCCOc1ccc(F)cc1)NNC(=O)C1CCCO1. The molecular weight excluding hydrogens is 291 g/mol. The maximum absolute atomic E-state index is 12.7. The fourth-order valence-corrected chi connectivity index (χ4v) is 2.01. The van der Waals surface area contributed by atoms with E-state index in [4.69, 9.17) is 9.47 Å². The molecule has 0 bridgehead atoms. The zero-order chi connectivity index (χ0) is 15.8. The van der Waals surface area contributed by atoms with Gasteiger partial charge in [-0.1, -0.05) is 0 Å². The van der Waals surface area contributed by atoms with E-state index in [1.54, 1.807) is 0 Å². The van der Waals surface area contributed by atoms with Crippen LogP contribution >= 0.6 is 0 Å². The minimum Gasteiger partial charge on any atom is -0.494 e. The number of carbonyl (C=O) groups excluding carboxylic acids is 2. The van der Waals surface area contributed by atoms with Crippen molar-refractivity contribution in [1.29, 1.82) is 0 Å². The summed E-state index contributed by atoms with van der Waals surface area (Å²) in [4.78, 5) is 23.1. The highest BCUT2D eigenvalue weighted by atomic mass is 19.1. The number of benzene rings is 1. The summed E-state index contributed by atoms with van der Waals surface area (Å²) < 4.78 is 23.2. The van der Waals surface area contributed by atoms with E-state index in [0.29, 0.717) is 31.8 Å². The third kappa shape index (κ3) is 5.33. The first-order valence-electron chi connectivity index (χ1n) is 7.24. The Morgan fingerprint density at radius 1 is 1.27 bits per heavy atom. The molecule has 2 N–H and O–H groups in total. The van der Waals surface area contributed by atoms with E-state index in [0.717, 1.165) is 6.42 Å². The van der Waals surface area contributed by atoms with E-state index in [9.17, 15) is 14.0 Å². The lowest BCUT2D eigenvalue weighted by Crippen LogP contribution is -2.46. The molecule has 0 saturated carbocycles. The standard InChI is InChI=1S/C15H19FN2O4/c16-11-5-7-12(8-6-11)21-9-2-4-14(19)17-18-15(20)13-3-1-10-22-13/h5-8,13H,1-4,9-10H2,(H,17,19)(H,18,20). The van der Waals surface area contributed by atoms with Gasteiger partial charge in [0.15, 0.2) is 0 Å². The first-order valence-corrected chi connectivity index (χ1v) is 7.24. The first-order chi connectivity index (χ1) is 10.6. The Morgan fingerprint density at radius 3 is 2.73 bits per heavy atom. The Kier molecular flexibility index (Phi) is 6.14. The molecular formula is C15H19FN2O4. The van der Waals surface area contributed by atoms with Crippen LogP contribution in [0.15, 0.2) is 24.3 Å². The smallest absolute Gasteiger partial charge is 0.267 e. The first kappa shape index (κ1) is 16.2. The van der Waals surface area contributed by atoms with E-state index in [-0.39, 0.29) is 24.1 Å². The molecule has 120 valence electrons. The molecule has 6 nitrogen and oxygen atoms in total. The second-order valence-electron chi connectivity index (χ2n) is 4.95. The Labute approximate surface area is 127 Å². The van der Waals surface area contributed by atoms with Crippen LogP contribution in [0.2, 0.25) is 0 Å². The monoisotopic (exact) mass is 310 g/mol. The summed E-state index contributed by atoms with van der Waals surface area (Å²) in [5.74, 6) is -0.398. The normalized spacial score (nSPS) is 17.0. The van der Waals surface area contributed by atoms with E-state index in [1.807, 2.05) is 0 Å². The molecule has 0 spiro atoms. The number of rotatable bonds is 6. The third-order valence-corrected chi connectivity index (χ3v) is 3.18. The number of nitrogens with one attached hydrogen (secondary N) is 2. The van der Waals surface area contributed by atoms with Crippen LogP contribution in [0.3, 0.4) is 0 Å². The van der Waals surface area contributed by atoms with E-state index < -0.39 is 6.10 Å². The van der Waals surface area contributed by atoms with Gasteiger partial charge in [0.1, 0.15) is 17.7 Å². The van der Waals surface area contributed by atoms with Gasteiger partial charge in [-0.25, -0.2) is 4.39 Å². The fourth-order valence-electron chi connectivity index (χ4n) is 2.01. The number of hydrogen-bond donors (Lipinski definition) is 2. The van der Waals surface area contributed by atoms with Crippen LogP contribution in [-0.2, 0) is 14.3 Å². The highest BCUT2D eigenvalue weighted by Crippen LogP contribution is 2.12. The summed E-state index contributed by atoms with van der Waals surface area (Å²) in [5.41, 5.74) is 4.69. The molecule has 1 aliphatic rings. The lowest BCUT2D eigenvalue weighted by atomic mass is 10.2. The van der Waals surface area contributed by atoms with E-state index in [1.165, 1.54) is 24.3 Å². The minimum absolute atomic E-state index is 0.215. The number of carbonyl (C=O) groups is 2. The van der Waals surface area contributed by atoms with E-state index in [2.05, 4.69) is 10.9 Å². The number of halogens is 1. The highest BCUT2D eigenvalue weighted by molar-refractivity contribution is 5.84. The largest absolute Gasteiger partial charge is 0.494 e. The van der Waals surface area contributed by atoms with Gasteiger partial charge in [0.2, 0.25) is 5.91 Å². The van der Waals surface area contributed by atoms with Gasteiger partial charge in [-0.2, -0.15) is 0 Å². The Hall–Kier alpha value is -2.15. The molecule has 1 aromatic carbocycles. The predicted octanol–water partition coefficient (Wildman–Crippen LogP) is 1.31. The van der Waals surface area contributed by atoms with Crippen LogP contribution < -0.4 is 15.6 Å². The van der Waals surface area contributed by atoms with Crippen LogP contribution in [0.1, 0.15) is 25.7 Å². The maximum atomic E-state index is 12.7. The van der Waals surface area contributed by atoms with Crippen molar-refractivity contribution >= 4 is 11.8 Å². The van der Waals surface area contributed by atoms with Crippen molar-refractivity contribution < 1.29 is 23.5 Å². The molecule has 1 atom stereocenters. The average Bonchev–Trinajstić information content (AvgIpc) is 3.05. The van der Waals surface area contributed by atoms with Gasteiger partial charge in [0, 0.05) is 13.0 Å². The number of hydrazine groups is 1. The van der Waals surface area contributed by atoms with Crippen LogP contribution in [0.4, 0.5) is 4.39 Å². The average molecular weight is 310 g/mol. The molecule has 1 heterocycles. The molecule has 2 amide bonds. The zero-order valence-corrected chi connectivity index (χ0v) is 12.1. The van der Waals surface area contributed by atoms with E-state index >= 15 is 0 Å². The van der Waals surface area contributed by atoms with Crippen molar-refractivity contribution in [2.24, 2.45) is 0 Å². The van der Waals surface area contributed by atoms with Crippen LogP contribution in [0, 0.1) is 5.82 Å². The summed E-state index contributed by atoms with van der Waals surface area (Å²) >= 11 is 0. The lowest BCUT2D eigenvalue weighted by Gasteiger charge is -2.11. The van der Waals surface area contributed by atoms with Gasteiger partial charge in [0.25, 0.3) is 5.91 Å². The molecule has 1 fully saturated rings. The summed E-state index contributed by atoms with van der Waals surface area (Å²) in [7, 11) is 0. The highest BCUT2D eigenvalue weighted by Gasteiger charge is 2.23. The Morgan fingerprint density at radius 2 is 2.05 bits per heavy atom. The van der Waals surface area contributed by atoms with Gasteiger partial charge in [0.05, 0.1) is 6.61 Å². The van der Waals surface area contributed by atoms with Gasteiger partial charge < -0.3 is 9.47 Å². The van der Waals surface area contributed by atoms with Crippen molar-refractivity contribution in [1.82, 2.24) is 10.9 Å². The summed E-state index contributed by atoms with van der Waals surface area (Å²) in [6.07, 6.45) is 1.76. The topological polar surface area (TPSA) is 76.7 Å². The zero-order valence-electron chi connectivity index (χ0n) is 12.1. The molecule has 0 aliphatic carbocycles. The Balaban J connectivity index is 1.55. The third-order valence-electron chi connectivity index (χ3n) is 3.18. The molecule has 0 radical (unpaired) electrons. The lowest BCUT2D eigenvalue weighted by molar-refractivity contribution is -0.134. The second-order valence-corrected chi connectivity index (χ2v) is 4.95. The molecule has 1 unspecified atom stereocenters. The minimum atomic E-state index is -0.470. The molecule has 0 aromatic heterocycles. The van der Waals surface area contributed by atoms with Crippen molar-refractivity contribution in [2.45, 2.75) is 31.8 Å². The van der Waals surface area contributed by atoms with Crippen LogP contribution in [-0.4, -0.2) is 31.1 Å². The fraction of sp³-hybridized carbons (Fsp3) is 0.467. The number of ether oxygens (including phenoxy) is 2. The summed E-state index contributed by atoms with van der Waals surface area (Å²) in [5, 5.41) is 0. The van der Waals surface area contributed by atoms with Crippen molar-refractivity contribution in [3.05, 3.63) is 30.1 Å². The number of amides is 2. The molecule has 1 saturated heterocycles. The molecule has 7 heteroatoms. The van der Waals surface area contributed by atoms with Crippen molar-refractivity contribution in [3.8, 4) is 5.75 Å².